The molecule has 0 unspecified atom stereocenters. The standard InChI is InChI=1S/C25H21BrClFN4O4S/c1-15-29-30-25(32(15)20-9-5-18(27)6-10-20)37-23(13-31(33)34)17-11-21(26)24(22(12-17)35-2)36-14-16-3-7-19(28)8-4-16/h3-12,23H,13-14H2,1-2H3/t23-/m1/s1. The molecule has 0 fully saturated rings. The van der Waals surface area contributed by atoms with E-state index in [0.29, 0.717) is 37.5 Å². The molecule has 4 rings (SSSR count). The van der Waals surface area contributed by atoms with E-state index in [-0.39, 0.29) is 23.9 Å². The van der Waals surface area contributed by atoms with Crippen molar-refractivity contribution in [3.05, 3.63) is 103 Å². The van der Waals surface area contributed by atoms with Gasteiger partial charge in [0, 0.05) is 15.6 Å². The molecule has 0 N–H and O–H groups in total. The van der Waals surface area contributed by atoms with Crippen LogP contribution in [-0.4, -0.2) is 33.3 Å². The average Bonchev–Trinajstić information content (AvgIpc) is 3.23. The van der Waals surface area contributed by atoms with E-state index in [1.165, 1.54) is 31.0 Å². The van der Waals surface area contributed by atoms with E-state index in [0.717, 1.165) is 11.3 Å². The molecule has 0 bridgehead atoms. The zero-order valence-electron chi connectivity index (χ0n) is 19.7. The smallest absolute Gasteiger partial charge is 0.220 e. The molecule has 4 aromatic rings. The third-order valence-corrected chi connectivity index (χ3v) is 7.38. The Kier molecular flexibility index (Phi) is 8.67. The molecule has 0 radical (unpaired) electrons. The van der Waals surface area contributed by atoms with E-state index < -0.39 is 5.25 Å². The molecule has 0 saturated carbocycles. The summed E-state index contributed by atoms with van der Waals surface area (Å²) in [6.45, 7) is 1.63. The predicted molar refractivity (Wildman–Crippen MR) is 143 cm³/mol. The largest absolute Gasteiger partial charge is 0.493 e. The molecule has 0 saturated heterocycles. The fraction of sp³-hybridized carbons (Fsp3) is 0.200. The number of benzene rings is 3. The normalized spacial score (nSPS) is 11.8. The Morgan fingerprint density at radius 2 is 1.86 bits per heavy atom. The van der Waals surface area contributed by atoms with Crippen LogP contribution in [0.5, 0.6) is 11.5 Å². The van der Waals surface area contributed by atoms with Crippen LogP contribution in [0.1, 0.15) is 22.2 Å². The van der Waals surface area contributed by atoms with Gasteiger partial charge in [0.25, 0.3) is 0 Å². The van der Waals surface area contributed by atoms with E-state index >= 15 is 0 Å². The summed E-state index contributed by atoms with van der Waals surface area (Å²) in [5, 5.41) is 20.5. The first-order chi connectivity index (χ1) is 17.7. The lowest BCUT2D eigenvalue weighted by Crippen LogP contribution is -2.12. The Bertz CT molecular complexity index is 1400. The lowest BCUT2D eigenvalue weighted by Gasteiger charge is -2.18. The van der Waals surface area contributed by atoms with Gasteiger partial charge in [-0.2, -0.15) is 0 Å². The number of aryl methyl sites for hydroxylation is 1. The summed E-state index contributed by atoms with van der Waals surface area (Å²) in [6, 6.07) is 16.6. The third kappa shape index (κ3) is 6.60. The Morgan fingerprint density at radius 3 is 2.51 bits per heavy atom. The topological polar surface area (TPSA) is 92.3 Å². The van der Waals surface area contributed by atoms with Crippen molar-refractivity contribution in [3.8, 4) is 17.2 Å². The maximum absolute atomic E-state index is 13.2. The summed E-state index contributed by atoms with van der Waals surface area (Å²) < 4.78 is 27.1. The zero-order chi connectivity index (χ0) is 26.5. The average molecular weight is 608 g/mol. The van der Waals surface area contributed by atoms with Gasteiger partial charge < -0.3 is 9.47 Å². The van der Waals surface area contributed by atoms with E-state index in [4.69, 9.17) is 21.1 Å². The molecular weight excluding hydrogens is 587 g/mol. The molecule has 0 aliphatic carbocycles. The van der Waals surface area contributed by atoms with E-state index in [1.54, 1.807) is 43.3 Å². The number of hydrogen-bond acceptors (Lipinski definition) is 7. The quantitative estimate of drug-likeness (QED) is 0.111. The van der Waals surface area contributed by atoms with E-state index in [1.807, 2.05) is 16.7 Å². The SMILES string of the molecule is COc1cc([C@@H](C[N+](=O)[O-])Sc2nnc(C)n2-c2ccc(Cl)cc2)cc(Br)c1OCc1ccc(F)cc1. The molecule has 192 valence electrons. The summed E-state index contributed by atoms with van der Waals surface area (Å²) >= 11 is 10.8. The van der Waals surface area contributed by atoms with Crippen LogP contribution in [0.4, 0.5) is 4.39 Å². The first-order valence-electron chi connectivity index (χ1n) is 11.0. The fourth-order valence-electron chi connectivity index (χ4n) is 3.58. The Balaban J connectivity index is 1.64. The monoisotopic (exact) mass is 606 g/mol. The summed E-state index contributed by atoms with van der Waals surface area (Å²) in [5.41, 5.74) is 2.21. The maximum atomic E-state index is 13.2. The highest BCUT2D eigenvalue weighted by atomic mass is 79.9. The van der Waals surface area contributed by atoms with Crippen LogP contribution in [0.2, 0.25) is 5.02 Å². The molecule has 1 heterocycles. The first-order valence-corrected chi connectivity index (χ1v) is 13.0. The van der Waals surface area contributed by atoms with Gasteiger partial charge in [-0.05, 0) is 82.5 Å². The van der Waals surface area contributed by atoms with Gasteiger partial charge in [0.2, 0.25) is 6.54 Å². The summed E-state index contributed by atoms with van der Waals surface area (Å²) in [4.78, 5) is 11.2. The molecule has 37 heavy (non-hydrogen) atoms. The summed E-state index contributed by atoms with van der Waals surface area (Å²) in [6.07, 6.45) is 0. The van der Waals surface area contributed by atoms with Crippen LogP contribution in [0.3, 0.4) is 0 Å². The first kappa shape index (κ1) is 26.9. The van der Waals surface area contributed by atoms with Crippen molar-refractivity contribution < 1.29 is 18.8 Å². The molecule has 1 aromatic heterocycles. The predicted octanol–water partition coefficient (Wildman–Crippen LogP) is 6.83. The number of nitro groups is 1. The van der Waals surface area contributed by atoms with Gasteiger partial charge in [-0.15, -0.1) is 10.2 Å². The van der Waals surface area contributed by atoms with Crippen LogP contribution < -0.4 is 9.47 Å². The molecule has 1 atom stereocenters. The number of methoxy groups -OCH3 is 1. The van der Waals surface area contributed by atoms with Gasteiger partial charge in [0.1, 0.15) is 23.5 Å². The van der Waals surface area contributed by atoms with Crippen LogP contribution in [0.25, 0.3) is 5.69 Å². The van der Waals surface area contributed by atoms with Crippen molar-refractivity contribution in [2.45, 2.75) is 23.9 Å². The number of aromatic nitrogens is 3. The lowest BCUT2D eigenvalue weighted by molar-refractivity contribution is -0.479. The van der Waals surface area contributed by atoms with Crippen LogP contribution in [-0.2, 0) is 6.61 Å². The maximum Gasteiger partial charge on any atom is 0.220 e. The minimum absolute atomic E-state index is 0.186. The van der Waals surface area contributed by atoms with Crippen molar-refractivity contribution in [2.75, 3.05) is 13.7 Å². The molecule has 3 aromatic carbocycles. The third-order valence-electron chi connectivity index (χ3n) is 5.36. The highest BCUT2D eigenvalue weighted by Crippen LogP contribution is 2.43. The van der Waals surface area contributed by atoms with Gasteiger partial charge in [-0.25, -0.2) is 4.39 Å². The molecule has 12 heteroatoms. The number of thioether (sulfide) groups is 1. The van der Waals surface area contributed by atoms with E-state index in [9.17, 15) is 14.5 Å². The molecular formula is C25H21BrClFN4O4S. The fourth-order valence-corrected chi connectivity index (χ4v) is 5.44. The second-order valence-corrected chi connectivity index (χ2v) is 10.4. The number of hydrogen-bond donors (Lipinski definition) is 0. The van der Waals surface area contributed by atoms with Gasteiger partial charge in [-0.1, -0.05) is 35.5 Å². The zero-order valence-corrected chi connectivity index (χ0v) is 22.9. The minimum Gasteiger partial charge on any atom is -0.493 e. The molecule has 0 spiro atoms. The Hall–Kier alpha value is -3.15. The van der Waals surface area contributed by atoms with Crippen LogP contribution >= 0.6 is 39.3 Å². The van der Waals surface area contributed by atoms with Crippen molar-refractivity contribution >= 4 is 39.3 Å². The second-order valence-electron chi connectivity index (χ2n) is 7.91. The van der Waals surface area contributed by atoms with Crippen molar-refractivity contribution in [3.63, 3.8) is 0 Å². The molecule has 0 aliphatic heterocycles. The highest BCUT2D eigenvalue weighted by Gasteiger charge is 2.26. The minimum atomic E-state index is -0.610. The van der Waals surface area contributed by atoms with Crippen LogP contribution in [0.15, 0.2) is 70.3 Å². The van der Waals surface area contributed by atoms with Gasteiger partial charge in [0.15, 0.2) is 16.7 Å². The van der Waals surface area contributed by atoms with Gasteiger partial charge in [0.05, 0.1) is 11.6 Å². The van der Waals surface area contributed by atoms with Crippen molar-refractivity contribution in [2.24, 2.45) is 0 Å². The van der Waals surface area contributed by atoms with Gasteiger partial charge in [-0.3, -0.25) is 14.7 Å². The molecule has 0 amide bonds. The van der Waals surface area contributed by atoms with E-state index in [2.05, 4.69) is 26.1 Å². The molecule has 8 nitrogen and oxygen atoms in total. The van der Waals surface area contributed by atoms with Crippen molar-refractivity contribution in [1.82, 2.24) is 14.8 Å². The Morgan fingerprint density at radius 1 is 1.16 bits per heavy atom. The van der Waals surface area contributed by atoms with Crippen LogP contribution in [0, 0.1) is 22.9 Å². The lowest BCUT2D eigenvalue weighted by atomic mass is 10.1. The molecule has 0 aliphatic rings. The second kappa shape index (κ2) is 11.9. The summed E-state index contributed by atoms with van der Waals surface area (Å²) in [5.74, 6) is 1.13. The van der Waals surface area contributed by atoms with Gasteiger partial charge >= 0.3 is 0 Å². The number of halogens is 3. The number of nitrogens with zero attached hydrogens (tertiary/aromatic N) is 4. The Labute approximate surface area is 230 Å². The summed E-state index contributed by atoms with van der Waals surface area (Å²) in [7, 11) is 1.49. The van der Waals surface area contributed by atoms with Crippen molar-refractivity contribution in [1.29, 1.82) is 0 Å². The number of ether oxygens (including phenoxy) is 2. The number of rotatable bonds is 10. The highest BCUT2D eigenvalue weighted by molar-refractivity contribution is 9.10.